The largest absolute Gasteiger partial charge is 0.417 e. The van der Waals surface area contributed by atoms with Crippen LogP contribution in [0.4, 0.5) is 4.39 Å². The highest BCUT2D eigenvalue weighted by Gasteiger charge is 2.34. The number of H-pyrrole nitrogens is 1. The normalized spacial score (nSPS) is 20.6. The Balaban J connectivity index is 1.29. The van der Waals surface area contributed by atoms with Crippen molar-refractivity contribution in [2.75, 3.05) is 13.2 Å². The predicted octanol–water partition coefficient (Wildman–Crippen LogP) is 1.78. The highest BCUT2D eigenvalue weighted by Crippen LogP contribution is 2.25. The Bertz CT molecular complexity index is 1340. The smallest absolute Gasteiger partial charge is 0.408 e. The van der Waals surface area contributed by atoms with Crippen LogP contribution in [0.15, 0.2) is 57.3 Å². The average molecular weight is 434 g/mol. The molecule has 2 aromatic carbocycles. The van der Waals surface area contributed by atoms with E-state index < -0.39 is 23.7 Å². The van der Waals surface area contributed by atoms with Gasteiger partial charge in [0.2, 0.25) is 5.91 Å². The molecule has 32 heavy (non-hydrogen) atoms. The SMILES string of the molecule is N#C[C@H](Cc1ccc(-c2ccc3oc(=O)[nH]c3c2)cc1F)NC(=O)[C@@H]1C=C2COC[C@@H]2N1. The van der Waals surface area contributed by atoms with Crippen molar-refractivity contribution in [3.05, 3.63) is 70.0 Å². The first-order valence-corrected chi connectivity index (χ1v) is 10.2. The zero-order valence-corrected chi connectivity index (χ0v) is 16.9. The number of hydrogen-bond acceptors (Lipinski definition) is 6. The van der Waals surface area contributed by atoms with Gasteiger partial charge in [-0.05, 0) is 40.5 Å². The minimum Gasteiger partial charge on any atom is -0.408 e. The van der Waals surface area contributed by atoms with E-state index in [4.69, 9.17) is 9.15 Å². The molecule has 0 radical (unpaired) electrons. The van der Waals surface area contributed by atoms with Crippen molar-refractivity contribution in [2.45, 2.75) is 24.5 Å². The molecule has 0 aliphatic carbocycles. The summed E-state index contributed by atoms with van der Waals surface area (Å²) in [6.07, 6.45) is 1.86. The highest BCUT2D eigenvalue weighted by molar-refractivity contribution is 5.85. The van der Waals surface area contributed by atoms with Crippen LogP contribution in [0.2, 0.25) is 0 Å². The van der Waals surface area contributed by atoms with Gasteiger partial charge >= 0.3 is 5.76 Å². The number of aromatic amines is 1. The highest BCUT2D eigenvalue weighted by atomic mass is 19.1. The summed E-state index contributed by atoms with van der Waals surface area (Å²) in [5.74, 6) is -1.35. The molecule has 2 aliphatic heterocycles. The zero-order valence-electron chi connectivity index (χ0n) is 16.9. The maximum absolute atomic E-state index is 14.8. The number of nitrogens with zero attached hydrogens (tertiary/aromatic N) is 1. The lowest BCUT2D eigenvalue weighted by Gasteiger charge is -2.17. The van der Waals surface area contributed by atoms with Gasteiger partial charge in [-0.15, -0.1) is 0 Å². The summed E-state index contributed by atoms with van der Waals surface area (Å²) in [6.45, 7) is 1.03. The second-order valence-corrected chi connectivity index (χ2v) is 7.88. The summed E-state index contributed by atoms with van der Waals surface area (Å²) in [7, 11) is 0. The Kier molecular flexibility index (Phi) is 5.09. The molecular formula is C23H19FN4O4. The summed E-state index contributed by atoms with van der Waals surface area (Å²) in [5.41, 5.74) is 3.63. The fraction of sp³-hybridized carbons (Fsp3) is 0.261. The molecule has 1 amide bonds. The Morgan fingerprint density at radius 3 is 2.88 bits per heavy atom. The van der Waals surface area contributed by atoms with Crippen LogP contribution in [0.3, 0.4) is 0 Å². The van der Waals surface area contributed by atoms with Crippen molar-refractivity contribution >= 4 is 17.0 Å². The molecule has 1 aromatic heterocycles. The Morgan fingerprint density at radius 2 is 2.09 bits per heavy atom. The Labute approximate surface area is 181 Å². The van der Waals surface area contributed by atoms with Crippen LogP contribution in [-0.2, 0) is 16.0 Å². The summed E-state index contributed by atoms with van der Waals surface area (Å²) in [6, 6.07) is 10.5. The number of halogens is 1. The van der Waals surface area contributed by atoms with E-state index in [1.165, 1.54) is 6.07 Å². The van der Waals surface area contributed by atoms with Crippen molar-refractivity contribution in [1.82, 2.24) is 15.6 Å². The van der Waals surface area contributed by atoms with E-state index in [1.54, 1.807) is 30.3 Å². The molecular weight excluding hydrogens is 415 g/mol. The maximum Gasteiger partial charge on any atom is 0.417 e. The van der Waals surface area contributed by atoms with Crippen LogP contribution in [0.1, 0.15) is 5.56 Å². The molecule has 3 heterocycles. The lowest BCUT2D eigenvalue weighted by Crippen LogP contribution is -2.47. The van der Waals surface area contributed by atoms with Gasteiger partial charge < -0.3 is 14.5 Å². The Morgan fingerprint density at radius 1 is 1.28 bits per heavy atom. The van der Waals surface area contributed by atoms with Crippen molar-refractivity contribution in [3.8, 4) is 17.2 Å². The number of carbonyl (C=O) groups excluding carboxylic acids is 1. The van der Waals surface area contributed by atoms with Crippen molar-refractivity contribution in [1.29, 1.82) is 5.26 Å². The quantitative estimate of drug-likeness (QED) is 0.527. The van der Waals surface area contributed by atoms with Gasteiger partial charge in [0, 0.05) is 6.42 Å². The van der Waals surface area contributed by atoms with E-state index in [9.17, 15) is 19.2 Å². The number of amides is 1. The molecule has 1 saturated heterocycles. The van der Waals surface area contributed by atoms with E-state index in [-0.39, 0.29) is 18.4 Å². The first-order valence-electron chi connectivity index (χ1n) is 10.2. The second kappa shape index (κ2) is 8.07. The Hall–Kier alpha value is -3.74. The van der Waals surface area contributed by atoms with Gasteiger partial charge in [-0.3, -0.25) is 15.1 Å². The summed E-state index contributed by atoms with van der Waals surface area (Å²) >= 11 is 0. The van der Waals surface area contributed by atoms with Gasteiger partial charge in [-0.25, -0.2) is 9.18 Å². The molecule has 1 fully saturated rings. The minimum atomic E-state index is -0.868. The van der Waals surface area contributed by atoms with Crippen LogP contribution in [0.5, 0.6) is 0 Å². The van der Waals surface area contributed by atoms with E-state index in [1.807, 2.05) is 12.1 Å². The van der Waals surface area contributed by atoms with Crippen LogP contribution in [0.25, 0.3) is 22.2 Å². The third-order valence-electron chi connectivity index (χ3n) is 5.75. The van der Waals surface area contributed by atoms with Gasteiger partial charge in [-0.2, -0.15) is 5.26 Å². The fourth-order valence-electron chi connectivity index (χ4n) is 4.09. The first-order chi connectivity index (χ1) is 15.5. The van der Waals surface area contributed by atoms with Crippen molar-refractivity contribution in [2.24, 2.45) is 0 Å². The van der Waals surface area contributed by atoms with Gasteiger partial charge in [0.25, 0.3) is 0 Å². The lowest BCUT2D eigenvalue weighted by molar-refractivity contribution is -0.122. The molecule has 0 bridgehead atoms. The number of ether oxygens (including phenoxy) is 1. The molecule has 3 aromatic rings. The molecule has 0 unspecified atom stereocenters. The lowest BCUT2D eigenvalue weighted by atomic mass is 10.00. The number of nitriles is 1. The summed E-state index contributed by atoms with van der Waals surface area (Å²) < 4.78 is 25.1. The molecule has 2 aliphatic rings. The second-order valence-electron chi connectivity index (χ2n) is 7.88. The molecule has 5 rings (SSSR count). The fourth-order valence-corrected chi connectivity index (χ4v) is 4.09. The van der Waals surface area contributed by atoms with Crippen LogP contribution >= 0.6 is 0 Å². The van der Waals surface area contributed by atoms with E-state index >= 15 is 0 Å². The van der Waals surface area contributed by atoms with Crippen molar-refractivity contribution < 1.29 is 18.3 Å². The van der Waals surface area contributed by atoms with Crippen molar-refractivity contribution in [3.63, 3.8) is 0 Å². The molecule has 0 spiro atoms. The monoisotopic (exact) mass is 434 g/mol. The topological polar surface area (TPSA) is 120 Å². The van der Waals surface area contributed by atoms with Gasteiger partial charge in [0.15, 0.2) is 5.58 Å². The van der Waals surface area contributed by atoms with E-state index in [2.05, 4.69) is 15.6 Å². The van der Waals surface area contributed by atoms with Gasteiger partial charge in [0.05, 0.1) is 30.8 Å². The van der Waals surface area contributed by atoms with E-state index in [0.29, 0.717) is 41.0 Å². The number of hydrogen-bond donors (Lipinski definition) is 3. The molecule has 8 nitrogen and oxygen atoms in total. The zero-order chi connectivity index (χ0) is 22.2. The molecule has 162 valence electrons. The van der Waals surface area contributed by atoms with Crippen LogP contribution < -0.4 is 16.4 Å². The number of fused-ring (bicyclic) bond motifs is 2. The predicted molar refractivity (Wildman–Crippen MR) is 113 cm³/mol. The van der Waals surface area contributed by atoms with Crippen LogP contribution in [-0.4, -0.2) is 42.2 Å². The van der Waals surface area contributed by atoms with Gasteiger partial charge in [-0.1, -0.05) is 24.3 Å². The summed E-state index contributed by atoms with van der Waals surface area (Å²) in [5, 5.41) is 15.3. The number of oxazole rings is 1. The molecule has 0 saturated carbocycles. The van der Waals surface area contributed by atoms with E-state index in [0.717, 1.165) is 5.57 Å². The minimum absolute atomic E-state index is 0.0374. The van der Waals surface area contributed by atoms with Crippen LogP contribution in [0, 0.1) is 17.1 Å². The average Bonchev–Trinajstić information content (AvgIpc) is 3.47. The number of aromatic nitrogens is 1. The first kappa shape index (κ1) is 20.2. The standard InChI is InChI=1S/C23H19FN4O4/c24-17-6-12(13-3-4-21-18(7-13)28-23(30)32-21)1-2-14(17)5-16(9-25)26-22(29)19-8-15-10-31-11-20(15)27-19/h1-4,6-8,16,19-20,27H,5,10-11H2,(H,26,29)(H,28,30)/t16-,19-,20-/m0/s1. The van der Waals surface area contributed by atoms with Gasteiger partial charge in [0.1, 0.15) is 17.9 Å². The number of benzene rings is 2. The number of carbonyl (C=O) groups is 1. The molecule has 9 heteroatoms. The number of nitrogens with one attached hydrogen (secondary N) is 3. The molecule has 3 atom stereocenters. The molecule has 3 N–H and O–H groups in total. The summed E-state index contributed by atoms with van der Waals surface area (Å²) in [4.78, 5) is 26.4. The maximum atomic E-state index is 14.8. The third-order valence-corrected chi connectivity index (χ3v) is 5.75. The number of rotatable bonds is 5. The third kappa shape index (κ3) is 3.82.